The Balaban J connectivity index is 1.38. The van der Waals surface area contributed by atoms with E-state index in [1.165, 1.54) is 0 Å². The van der Waals surface area contributed by atoms with E-state index in [1.807, 2.05) is 59.2 Å². The Morgan fingerprint density at radius 1 is 1.00 bits per heavy atom. The molecule has 38 heavy (non-hydrogen) atoms. The van der Waals surface area contributed by atoms with Crippen molar-refractivity contribution in [1.29, 1.82) is 0 Å². The maximum atomic E-state index is 13.7. The summed E-state index contributed by atoms with van der Waals surface area (Å²) in [6.45, 7) is 4.52. The maximum Gasteiger partial charge on any atom is 0.257 e. The topological polar surface area (TPSA) is 72.8 Å². The molecule has 3 heterocycles. The molecule has 1 aromatic heterocycles. The molecule has 194 valence electrons. The molecule has 3 aromatic carbocycles. The summed E-state index contributed by atoms with van der Waals surface area (Å²) in [5, 5.41) is 4.03. The molecule has 0 bridgehead atoms. The van der Waals surface area contributed by atoms with Crippen LogP contribution in [0.25, 0.3) is 10.9 Å². The number of hydrogen-bond acceptors (Lipinski definition) is 5. The lowest BCUT2D eigenvalue weighted by atomic mass is 10.0. The number of amides is 1. The number of halogens is 1. The zero-order valence-corrected chi connectivity index (χ0v) is 21.6. The number of carbonyl (C=O) groups is 1. The van der Waals surface area contributed by atoms with Gasteiger partial charge in [0.2, 0.25) is 5.43 Å². The molecule has 0 saturated carbocycles. The monoisotopic (exact) mass is 529 g/mol. The molecule has 4 aromatic rings. The number of benzene rings is 3. The van der Waals surface area contributed by atoms with E-state index in [2.05, 4.69) is 10.2 Å². The van der Waals surface area contributed by atoms with E-state index >= 15 is 0 Å². The Kier molecular flexibility index (Phi) is 6.89. The number of nitrogens with zero attached hydrogens (tertiary/aromatic N) is 2. The molecule has 1 unspecified atom stereocenters. The molecule has 2 aliphatic rings. The number of carbonyl (C=O) groups excluding carboxylic acids is 1. The molecule has 6 rings (SSSR count). The lowest BCUT2D eigenvalue weighted by Gasteiger charge is -2.30. The quantitative estimate of drug-likeness (QED) is 0.397. The molecule has 1 fully saturated rings. The van der Waals surface area contributed by atoms with Crippen LogP contribution in [0.2, 0.25) is 5.02 Å². The fourth-order valence-electron chi connectivity index (χ4n) is 5.15. The Bertz CT molecular complexity index is 1530. The lowest BCUT2D eigenvalue weighted by Crippen LogP contribution is -2.35. The van der Waals surface area contributed by atoms with Crippen LogP contribution in [-0.2, 0) is 24.4 Å². The fourth-order valence-corrected chi connectivity index (χ4v) is 5.28. The first-order valence-electron chi connectivity index (χ1n) is 12.8. The summed E-state index contributed by atoms with van der Waals surface area (Å²) in [5.74, 6) is 0.259. The highest BCUT2D eigenvalue weighted by Crippen LogP contribution is 2.36. The summed E-state index contributed by atoms with van der Waals surface area (Å²) in [7, 11) is 0. The smallest absolute Gasteiger partial charge is 0.257 e. The Labute approximate surface area is 225 Å². The van der Waals surface area contributed by atoms with Gasteiger partial charge in [0.1, 0.15) is 17.4 Å². The van der Waals surface area contributed by atoms with Crippen molar-refractivity contribution in [3.8, 4) is 5.75 Å². The van der Waals surface area contributed by atoms with Crippen molar-refractivity contribution in [2.45, 2.75) is 25.7 Å². The fraction of sp³-hybridized carbons (Fsp3) is 0.267. The molecule has 0 radical (unpaired) electrons. The molecule has 8 heteroatoms. The SMILES string of the molecule is O=C(NCc1ccc(Cl)cc1)c1cn2c3c(cc(CN4CCOCC4)cc3c1=O)OC(c1ccccc1)C2. The van der Waals surface area contributed by atoms with Crippen LogP contribution in [0.5, 0.6) is 5.75 Å². The third-order valence-electron chi connectivity index (χ3n) is 7.12. The van der Waals surface area contributed by atoms with E-state index in [1.54, 1.807) is 18.3 Å². The standard InChI is InChI=1S/C30H28ClN3O4/c31-23-8-6-20(7-9-23)16-32-30(36)25-18-34-19-27(22-4-2-1-3-5-22)38-26-15-21(14-24(28(26)34)29(25)35)17-33-10-12-37-13-11-33/h1-9,14-15,18,27H,10-13,16-17,19H2,(H,32,36). The highest BCUT2D eigenvalue weighted by molar-refractivity contribution is 6.30. The summed E-state index contributed by atoms with van der Waals surface area (Å²) in [5.41, 5.74) is 3.47. The van der Waals surface area contributed by atoms with Crippen molar-refractivity contribution in [2.24, 2.45) is 0 Å². The van der Waals surface area contributed by atoms with Gasteiger partial charge in [-0.2, -0.15) is 0 Å². The van der Waals surface area contributed by atoms with E-state index in [0.29, 0.717) is 49.0 Å². The molecule has 1 N–H and O–H groups in total. The van der Waals surface area contributed by atoms with Gasteiger partial charge in [0.25, 0.3) is 5.91 Å². The Hall–Kier alpha value is -3.65. The van der Waals surface area contributed by atoms with Gasteiger partial charge in [0, 0.05) is 37.4 Å². The number of ether oxygens (including phenoxy) is 2. The normalized spacial score (nSPS) is 17.2. The molecule has 1 atom stereocenters. The van der Waals surface area contributed by atoms with Crippen LogP contribution >= 0.6 is 11.6 Å². The van der Waals surface area contributed by atoms with Gasteiger partial charge in [-0.25, -0.2) is 0 Å². The molecule has 0 spiro atoms. The zero-order valence-electron chi connectivity index (χ0n) is 20.9. The molecule has 2 aliphatic heterocycles. The third kappa shape index (κ3) is 5.05. The molecule has 0 aliphatic carbocycles. The summed E-state index contributed by atoms with van der Waals surface area (Å²) in [4.78, 5) is 29.3. The highest BCUT2D eigenvalue weighted by atomic mass is 35.5. The molecule has 1 saturated heterocycles. The summed E-state index contributed by atoms with van der Waals surface area (Å²) in [6.07, 6.45) is 1.43. The van der Waals surface area contributed by atoms with Gasteiger partial charge in [-0.1, -0.05) is 54.1 Å². The molecular weight excluding hydrogens is 502 g/mol. The largest absolute Gasteiger partial charge is 0.482 e. The minimum atomic E-state index is -0.404. The molecule has 1 amide bonds. The first kappa shape index (κ1) is 24.7. The van der Waals surface area contributed by atoms with Gasteiger partial charge in [-0.05, 0) is 41.0 Å². The Morgan fingerprint density at radius 2 is 1.76 bits per heavy atom. The van der Waals surface area contributed by atoms with E-state index in [0.717, 1.165) is 35.3 Å². The van der Waals surface area contributed by atoms with Crippen LogP contribution in [0, 0.1) is 0 Å². The van der Waals surface area contributed by atoms with Crippen molar-refractivity contribution in [1.82, 2.24) is 14.8 Å². The predicted octanol–water partition coefficient (Wildman–Crippen LogP) is 4.55. The summed E-state index contributed by atoms with van der Waals surface area (Å²) < 4.78 is 14.0. The van der Waals surface area contributed by atoms with E-state index in [4.69, 9.17) is 21.1 Å². The molecular formula is C30H28ClN3O4. The van der Waals surface area contributed by atoms with Crippen molar-refractivity contribution in [3.05, 3.63) is 110 Å². The second kappa shape index (κ2) is 10.6. The van der Waals surface area contributed by atoms with Crippen LogP contribution in [0.3, 0.4) is 0 Å². The van der Waals surface area contributed by atoms with Gasteiger partial charge in [0.05, 0.1) is 30.7 Å². The number of rotatable bonds is 6. The first-order valence-corrected chi connectivity index (χ1v) is 13.2. The average Bonchev–Trinajstić information content (AvgIpc) is 2.95. The first-order chi connectivity index (χ1) is 18.5. The number of hydrogen-bond donors (Lipinski definition) is 1. The highest BCUT2D eigenvalue weighted by Gasteiger charge is 2.27. The van der Waals surface area contributed by atoms with Crippen LogP contribution in [0.1, 0.15) is 33.2 Å². The van der Waals surface area contributed by atoms with Crippen LogP contribution in [0.4, 0.5) is 0 Å². The lowest BCUT2D eigenvalue weighted by molar-refractivity contribution is 0.0341. The third-order valence-corrected chi connectivity index (χ3v) is 7.37. The molecule has 7 nitrogen and oxygen atoms in total. The number of aromatic nitrogens is 1. The van der Waals surface area contributed by atoms with Crippen molar-refractivity contribution >= 4 is 28.4 Å². The van der Waals surface area contributed by atoms with Crippen LogP contribution in [0.15, 0.2) is 77.7 Å². The van der Waals surface area contributed by atoms with Gasteiger partial charge < -0.3 is 19.4 Å². The minimum Gasteiger partial charge on any atom is -0.482 e. The van der Waals surface area contributed by atoms with Gasteiger partial charge >= 0.3 is 0 Å². The van der Waals surface area contributed by atoms with E-state index in [-0.39, 0.29) is 17.1 Å². The Morgan fingerprint density at radius 3 is 2.53 bits per heavy atom. The number of nitrogens with one attached hydrogen (secondary N) is 1. The van der Waals surface area contributed by atoms with Gasteiger partial charge in [-0.15, -0.1) is 0 Å². The van der Waals surface area contributed by atoms with Crippen molar-refractivity contribution < 1.29 is 14.3 Å². The number of morpholine rings is 1. The second-order valence-electron chi connectivity index (χ2n) is 9.73. The average molecular weight is 530 g/mol. The van der Waals surface area contributed by atoms with Crippen LogP contribution < -0.4 is 15.5 Å². The van der Waals surface area contributed by atoms with Gasteiger partial charge in [0.15, 0.2) is 0 Å². The number of pyridine rings is 1. The second-order valence-corrected chi connectivity index (χ2v) is 10.2. The van der Waals surface area contributed by atoms with Crippen molar-refractivity contribution in [3.63, 3.8) is 0 Å². The van der Waals surface area contributed by atoms with E-state index in [9.17, 15) is 9.59 Å². The summed E-state index contributed by atoms with van der Waals surface area (Å²) in [6, 6.07) is 21.2. The maximum absolute atomic E-state index is 13.7. The van der Waals surface area contributed by atoms with Crippen molar-refractivity contribution in [2.75, 3.05) is 26.3 Å². The van der Waals surface area contributed by atoms with Gasteiger partial charge in [-0.3, -0.25) is 14.5 Å². The van der Waals surface area contributed by atoms with Crippen LogP contribution in [-0.4, -0.2) is 41.7 Å². The van der Waals surface area contributed by atoms with E-state index < -0.39 is 5.91 Å². The minimum absolute atomic E-state index is 0.120. The summed E-state index contributed by atoms with van der Waals surface area (Å²) >= 11 is 5.98. The zero-order chi connectivity index (χ0) is 26.1. The predicted molar refractivity (Wildman–Crippen MR) is 147 cm³/mol.